The van der Waals surface area contributed by atoms with Gasteiger partial charge in [0.25, 0.3) is 0 Å². The van der Waals surface area contributed by atoms with Crippen LogP contribution in [0.25, 0.3) is 11.3 Å². The van der Waals surface area contributed by atoms with Gasteiger partial charge in [-0.3, -0.25) is 20.1 Å². The van der Waals surface area contributed by atoms with Gasteiger partial charge in [0.1, 0.15) is 6.61 Å². The fourth-order valence-electron chi connectivity index (χ4n) is 2.12. The number of pyridine rings is 1. The second-order valence-electron chi connectivity index (χ2n) is 4.43. The molecule has 0 saturated heterocycles. The van der Waals surface area contributed by atoms with E-state index in [9.17, 15) is 4.79 Å². The first kappa shape index (κ1) is 12.4. The Morgan fingerprint density at radius 1 is 1.20 bits per heavy atom. The molecule has 0 saturated carbocycles. The fourth-order valence-corrected chi connectivity index (χ4v) is 2.12. The average Bonchev–Trinajstić information content (AvgIpc) is 2.97. The first-order valence-corrected chi connectivity index (χ1v) is 6.17. The molecule has 1 aromatic heterocycles. The molecule has 3 rings (SSSR count). The number of nitrogens with two attached hydrogens (primary N) is 1. The summed E-state index contributed by atoms with van der Waals surface area (Å²) in [7, 11) is 0. The van der Waals surface area contributed by atoms with E-state index >= 15 is 0 Å². The number of hydrogen-bond acceptors (Lipinski definition) is 4. The van der Waals surface area contributed by atoms with E-state index in [1.54, 1.807) is 24.5 Å². The van der Waals surface area contributed by atoms with Gasteiger partial charge in [-0.25, -0.2) is 0 Å². The number of hydrogen-bond donors (Lipinski definition) is 2. The molecule has 1 aromatic carbocycles. The molecule has 0 aliphatic carbocycles. The van der Waals surface area contributed by atoms with Crippen LogP contribution in [-0.2, 0) is 4.84 Å². The summed E-state index contributed by atoms with van der Waals surface area (Å²) < 4.78 is 0. The predicted molar refractivity (Wildman–Crippen MR) is 75.1 cm³/mol. The molecule has 2 aromatic rings. The third-order valence-corrected chi connectivity index (χ3v) is 3.16. The summed E-state index contributed by atoms with van der Waals surface area (Å²) in [6, 6.07) is 10.9. The van der Waals surface area contributed by atoms with E-state index in [4.69, 9.17) is 10.6 Å². The van der Waals surface area contributed by atoms with Crippen molar-refractivity contribution >= 4 is 17.2 Å². The zero-order chi connectivity index (χ0) is 13.9. The summed E-state index contributed by atoms with van der Waals surface area (Å²) in [5, 5.41) is 0. The van der Waals surface area contributed by atoms with Gasteiger partial charge >= 0.3 is 0 Å². The third kappa shape index (κ3) is 2.26. The van der Waals surface area contributed by atoms with Crippen molar-refractivity contribution in [3.8, 4) is 0 Å². The van der Waals surface area contributed by atoms with Gasteiger partial charge in [0.15, 0.2) is 0 Å². The molecule has 1 amide bonds. The van der Waals surface area contributed by atoms with Crippen LogP contribution < -0.4 is 11.2 Å². The Morgan fingerprint density at radius 3 is 2.65 bits per heavy atom. The lowest BCUT2D eigenvalue weighted by Crippen LogP contribution is -2.11. The predicted octanol–water partition coefficient (Wildman–Crippen LogP) is 1.58. The SMILES string of the molecule is NC(=O)c1ccc(C2=C(c3cccnc3)CON2)cc1. The number of nitrogens with one attached hydrogen (secondary N) is 1. The van der Waals surface area contributed by atoms with Gasteiger partial charge in [0.05, 0.1) is 5.70 Å². The Bertz CT molecular complexity index is 663. The molecular weight excluding hydrogens is 254 g/mol. The van der Waals surface area contributed by atoms with Crippen molar-refractivity contribution in [1.82, 2.24) is 10.5 Å². The number of aromatic nitrogens is 1. The highest BCUT2D eigenvalue weighted by atomic mass is 16.6. The molecule has 100 valence electrons. The summed E-state index contributed by atoms with van der Waals surface area (Å²) in [5.74, 6) is -0.436. The second-order valence-corrected chi connectivity index (χ2v) is 4.43. The van der Waals surface area contributed by atoms with E-state index in [0.29, 0.717) is 12.2 Å². The zero-order valence-electron chi connectivity index (χ0n) is 10.7. The van der Waals surface area contributed by atoms with Crippen LogP contribution in [0.5, 0.6) is 0 Å². The molecule has 3 N–H and O–H groups in total. The minimum absolute atomic E-state index is 0.436. The van der Waals surface area contributed by atoms with Gasteiger partial charge in [0.2, 0.25) is 5.91 Å². The maximum Gasteiger partial charge on any atom is 0.248 e. The molecule has 5 heteroatoms. The van der Waals surface area contributed by atoms with Gasteiger partial charge in [-0.05, 0) is 18.2 Å². The third-order valence-electron chi connectivity index (χ3n) is 3.16. The van der Waals surface area contributed by atoms with Crippen molar-refractivity contribution < 1.29 is 9.63 Å². The monoisotopic (exact) mass is 267 g/mol. The van der Waals surface area contributed by atoms with Crippen LogP contribution >= 0.6 is 0 Å². The van der Waals surface area contributed by atoms with E-state index in [1.165, 1.54) is 0 Å². The van der Waals surface area contributed by atoms with Crippen LogP contribution in [-0.4, -0.2) is 17.5 Å². The van der Waals surface area contributed by atoms with Crippen LogP contribution in [0.2, 0.25) is 0 Å². The lowest BCUT2D eigenvalue weighted by atomic mass is 10.0. The minimum atomic E-state index is -0.436. The van der Waals surface area contributed by atoms with Gasteiger partial charge in [-0.2, -0.15) is 0 Å². The van der Waals surface area contributed by atoms with Crippen molar-refractivity contribution in [2.45, 2.75) is 0 Å². The molecule has 1 aliphatic rings. The number of nitrogens with zero attached hydrogens (tertiary/aromatic N) is 1. The molecule has 5 nitrogen and oxygen atoms in total. The van der Waals surface area contributed by atoms with Crippen molar-refractivity contribution in [1.29, 1.82) is 0 Å². The fraction of sp³-hybridized carbons (Fsp3) is 0.0667. The van der Waals surface area contributed by atoms with Crippen molar-refractivity contribution in [2.75, 3.05) is 6.61 Å². The highest BCUT2D eigenvalue weighted by Crippen LogP contribution is 2.28. The molecule has 20 heavy (non-hydrogen) atoms. The number of rotatable bonds is 3. The smallest absolute Gasteiger partial charge is 0.248 e. The Labute approximate surface area is 116 Å². The average molecular weight is 267 g/mol. The van der Waals surface area contributed by atoms with Crippen molar-refractivity contribution in [3.63, 3.8) is 0 Å². The molecular formula is C15H13N3O2. The number of carbonyl (C=O) groups is 1. The molecule has 0 unspecified atom stereocenters. The first-order chi connectivity index (χ1) is 9.75. The molecule has 2 heterocycles. The van der Waals surface area contributed by atoms with Gasteiger partial charge in [-0.15, -0.1) is 0 Å². The van der Waals surface area contributed by atoms with Gasteiger partial charge in [0, 0.05) is 34.7 Å². The lowest BCUT2D eigenvalue weighted by Gasteiger charge is -2.06. The van der Waals surface area contributed by atoms with E-state index in [1.807, 2.05) is 24.3 Å². The molecule has 1 aliphatic heterocycles. The van der Waals surface area contributed by atoms with Crippen LogP contribution in [0.3, 0.4) is 0 Å². The van der Waals surface area contributed by atoms with Crippen molar-refractivity contribution in [3.05, 3.63) is 65.5 Å². The Morgan fingerprint density at radius 2 is 2.00 bits per heavy atom. The Kier molecular flexibility index (Phi) is 3.18. The van der Waals surface area contributed by atoms with Crippen molar-refractivity contribution in [2.24, 2.45) is 5.73 Å². The standard InChI is InChI=1S/C15H13N3O2/c16-15(19)11-5-3-10(4-6-11)14-13(9-20-18-14)12-2-1-7-17-8-12/h1-8,18H,9H2,(H2,16,19). The van der Waals surface area contributed by atoms with Gasteiger partial charge in [-0.1, -0.05) is 18.2 Å². The van der Waals surface area contributed by atoms with E-state index < -0.39 is 5.91 Å². The Balaban J connectivity index is 2.01. The normalized spacial score (nSPS) is 14.2. The summed E-state index contributed by atoms with van der Waals surface area (Å²) in [5.41, 5.74) is 12.5. The van der Waals surface area contributed by atoms with Crippen LogP contribution in [0.1, 0.15) is 21.5 Å². The van der Waals surface area contributed by atoms with Gasteiger partial charge < -0.3 is 5.73 Å². The molecule has 0 atom stereocenters. The Hall–Kier alpha value is -2.66. The molecule has 0 fully saturated rings. The minimum Gasteiger partial charge on any atom is -0.366 e. The second kappa shape index (κ2) is 5.14. The lowest BCUT2D eigenvalue weighted by molar-refractivity contribution is 0.100. The summed E-state index contributed by atoms with van der Waals surface area (Å²) in [6.45, 7) is 0.471. The van der Waals surface area contributed by atoms with Crippen LogP contribution in [0, 0.1) is 0 Å². The summed E-state index contributed by atoms with van der Waals surface area (Å²) in [6.07, 6.45) is 3.53. The van der Waals surface area contributed by atoms with Crippen LogP contribution in [0.4, 0.5) is 0 Å². The number of amides is 1. The quantitative estimate of drug-likeness (QED) is 0.885. The number of carbonyl (C=O) groups excluding carboxylic acids is 1. The molecule has 0 spiro atoms. The summed E-state index contributed by atoms with van der Waals surface area (Å²) >= 11 is 0. The first-order valence-electron chi connectivity index (χ1n) is 6.17. The number of primary amides is 1. The zero-order valence-corrected chi connectivity index (χ0v) is 10.7. The highest BCUT2D eigenvalue weighted by molar-refractivity contribution is 5.95. The van der Waals surface area contributed by atoms with E-state index in [2.05, 4.69) is 10.5 Å². The maximum atomic E-state index is 11.1. The largest absolute Gasteiger partial charge is 0.366 e. The topological polar surface area (TPSA) is 77.2 Å². The van der Waals surface area contributed by atoms with E-state index in [0.717, 1.165) is 22.4 Å². The maximum absolute atomic E-state index is 11.1. The number of hydroxylamine groups is 1. The van der Waals surface area contributed by atoms with E-state index in [-0.39, 0.29) is 0 Å². The van der Waals surface area contributed by atoms with Crippen LogP contribution in [0.15, 0.2) is 48.8 Å². The molecule has 0 bridgehead atoms. The molecule has 0 radical (unpaired) electrons. The number of benzene rings is 1. The summed E-state index contributed by atoms with van der Waals surface area (Å²) in [4.78, 5) is 20.5. The highest BCUT2D eigenvalue weighted by Gasteiger charge is 2.18.